The first kappa shape index (κ1) is 14.5. The molecule has 1 fully saturated rings. The molecule has 0 aromatic heterocycles. The van der Waals surface area contributed by atoms with Crippen molar-refractivity contribution in [2.45, 2.75) is 32.7 Å². The molecule has 17 heavy (non-hydrogen) atoms. The number of hydrogen-bond acceptors (Lipinski definition) is 3. The molecule has 0 radical (unpaired) electrons. The summed E-state index contributed by atoms with van der Waals surface area (Å²) in [4.78, 5) is 15.8. The van der Waals surface area contributed by atoms with Crippen molar-refractivity contribution in [3.05, 3.63) is 0 Å². The van der Waals surface area contributed by atoms with Crippen molar-refractivity contribution in [2.24, 2.45) is 5.41 Å². The summed E-state index contributed by atoms with van der Waals surface area (Å²) < 4.78 is 0. The molecule has 1 aliphatic carbocycles. The Labute approximate surface area is 105 Å². The summed E-state index contributed by atoms with van der Waals surface area (Å²) in [6.07, 6.45) is 2.35. The highest BCUT2D eigenvalue weighted by Gasteiger charge is 2.29. The van der Waals surface area contributed by atoms with E-state index < -0.39 is 0 Å². The molecule has 4 heteroatoms. The van der Waals surface area contributed by atoms with E-state index in [0.29, 0.717) is 12.6 Å². The highest BCUT2D eigenvalue weighted by Crippen LogP contribution is 2.25. The van der Waals surface area contributed by atoms with Gasteiger partial charge in [0, 0.05) is 26.2 Å². The molecular weight excluding hydrogens is 214 g/mol. The fourth-order valence-corrected chi connectivity index (χ4v) is 2.21. The minimum absolute atomic E-state index is 0.196. The van der Waals surface area contributed by atoms with Crippen LogP contribution in [0.5, 0.6) is 0 Å². The van der Waals surface area contributed by atoms with Gasteiger partial charge in [-0.25, -0.2) is 0 Å². The third kappa shape index (κ3) is 5.50. The maximum absolute atomic E-state index is 11.8. The molecule has 1 saturated carbocycles. The molecule has 0 unspecified atom stereocenters. The van der Waals surface area contributed by atoms with Crippen molar-refractivity contribution in [3.63, 3.8) is 0 Å². The van der Waals surface area contributed by atoms with Crippen LogP contribution in [0.15, 0.2) is 0 Å². The Hall–Kier alpha value is -0.610. The van der Waals surface area contributed by atoms with E-state index in [9.17, 15) is 4.79 Å². The van der Waals surface area contributed by atoms with Crippen molar-refractivity contribution in [2.75, 3.05) is 40.8 Å². The summed E-state index contributed by atoms with van der Waals surface area (Å²) >= 11 is 0. The van der Waals surface area contributed by atoms with E-state index in [4.69, 9.17) is 0 Å². The quantitative estimate of drug-likeness (QED) is 0.715. The summed E-state index contributed by atoms with van der Waals surface area (Å²) in [6, 6.07) is 0.513. The van der Waals surface area contributed by atoms with E-state index in [1.165, 1.54) is 12.8 Å². The van der Waals surface area contributed by atoms with Crippen molar-refractivity contribution in [1.82, 2.24) is 15.1 Å². The number of likely N-dealkylation sites (N-methyl/N-ethyl adjacent to an activating group) is 1. The van der Waals surface area contributed by atoms with Crippen molar-refractivity contribution in [1.29, 1.82) is 0 Å². The zero-order valence-electron chi connectivity index (χ0n) is 11.9. The molecule has 0 saturated heterocycles. The average molecular weight is 241 g/mol. The molecule has 0 bridgehead atoms. The Bertz CT molecular complexity index is 259. The molecule has 1 rings (SSSR count). The fourth-order valence-electron chi connectivity index (χ4n) is 2.21. The topological polar surface area (TPSA) is 35.6 Å². The molecule has 1 amide bonds. The van der Waals surface area contributed by atoms with Gasteiger partial charge in [-0.15, -0.1) is 0 Å². The zero-order valence-corrected chi connectivity index (χ0v) is 11.9. The maximum atomic E-state index is 11.8. The first-order valence-corrected chi connectivity index (χ1v) is 6.43. The molecule has 0 aliphatic heterocycles. The average Bonchev–Trinajstić information content (AvgIpc) is 2.96. The Morgan fingerprint density at radius 3 is 2.35 bits per heavy atom. The van der Waals surface area contributed by atoms with E-state index in [0.717, 1.165) is 13.1 Å². The minimum Gasteiger partial charge on any atom is -0.342 e. The second-order valence-corrected chi connectivity index (χ2v) is 6.24. The predicted octanol–water partition coefficient (Wildman–Crippen LogP) is 0.785. The van der Waals surface area contributed by atoms with Gasteiger partial charge in [-0.05, 0) is 32.4 Å². The van der Waals surface area contributed by atoms with Gasteiger partial charge in [-0.2, -0.15) is 0 Å². The number of nitrogens with zero attached hydrogens (tertiary/aromatic N) is 2. The second kappa shape index (κ2) is 5.83. The lowest BCUT2D eigenvalue weighted by Gasteiger charge is -2.28. The Balaban J connectivity index is 2.19. The van der Waals surface area contributed by atoms with E-state index in [1.54, 1.807) is 0 Å². The monoisotopic (exact) mass is 241 g/mol. The summed E-state index contributed by atoms with van der Waals surface area (Å²) in [6.45, 7) is 6.79. The highest BCUT2D eigenvalue weighted by atomic mass is 16.2. The number of carbonyl (C=O) groups excluding carboxylic acids is 1. The normalized spacial score (nSPS) is 16.4. The van der Waals surface area contributed by atoms with Crippen molar-refractivity contribution < 1.29 is 4.79 Å². The van der Waals surface area contributed by atoms with Gasteiger partial charge in [0.25, 0.3) is 0 Å². The van der Waals surface area contributed by atoms with Crippen LogP contribution in [0, 0.1) is 5.41 Å². The zero-order chi connectivity index (χ0) is 13.1. The minimum atomic E-state index is 0.196. The number of hydrogen-bond donors (Lipinski definition) is 1. The molecule has 4 nitrogen and oxygen atoms in total. The number of amides is 1. The van der Waals surface area contributed by atoms with E-state index in [-0.39, 0.29) is 11.3 Å². The van der Waals surface area contributed by atoms with Gasteiger partial charge >= 0.3 is 0 Å². The van der Waals surface area contributed by atoms with Crippen LogP contribution in [0.25, 0.3) is 0 Å². The molecule has 0 atom stereocenters. The van der Waals surface area contributed by atoms with Crippen LogP contribution in [0.3, 0.4) is 0 Å². The van der Waals surface area contributed by atoms with Gasteiger partial charge < -0.3 is 15.1 Å². The highest BCUT2D eigenvalue weighted by molar-refractivity contribution is 5.78. The maximum Gasteiger partial charge on any atom is 0.236 e. The molecule has 1 N–H and O–H groups in total. The van der Waals surface area contributed by atoms with Gasteiger partial charge in [0.15, 0.2) is 0 Å². The summed E-state index contributed by atoms with van der Waals surface area (Å²) in [5.41, 5.74) is 0.196. The smallest absolute Gasteiger partial charge is 0.236 e. The van der Waals surface area contributed by atoms with E-state index in [2.05, 4.69) is 38.2 Å². The third-order valence-corrected chi connectivity index (χ3v) is 3.11. The SMILES string of the molecule is CN(C)CC(C)(C)CNCC(=O)N(C)C1CC1. The lowest BCUT2D eigenvalue weighted by atomic mass is 9.93. The van der Waals surface area contributed by atoms with Gasteiger partial charge in [0.05, 0.1) is 6.54 Å². The predicted molar refractivity (Wildman–Crippen MR) is 71.0 cm³/mol. The van der Waals surface area contributed by atoms with Crippen molar-refractivity contribution >= 4 is 5.91 Å². The fraction of sp³-hybridized carbons (Fsp3) is 0.923. The van der Waals surface area contributed by atoms with Crippen LogP contribution in [-0.2, 0) is 4.79 Å². The number of carbonyl (C=O) groups is 1. The van der Waals surface area contributed by atoms with Crippen LogP contribution in [0.1, 0.15) is 26.7 Å². The van der Waals surface area contributed by atoms with Gasteiger partial charge in [0.2, 0.25) is 5.91 Å². The van der Waals surface area contributed by atoms with Crippen molar-refractivity contribution in [3.8, 4) is 0 Å². The Morgan fingerprint density at radius 1 is 1.29 bits per heavy atom. The first-order valence-electron chi connectivity index (χ1n) is 6.43. The molecule has 0 spiro atoms. The summed E-state index contributed by atoms with van der Waals surface area (Å²) in [5.74, 6) is 0.216. The van der Waals surface area contributed by atoms with Gasteiger partial charge in [-0.1, -0.05) is 13.8 Å². The molecule has 0 aromatic rings. The molecule has 0 aromatic carbocycles. The van der Waals surface area contributed by atoms with Gasteiger partial charge in [-0.3, -0.25) is 4.79 Å². The molecule has 1 aliphatic rings. The standard InChI is InChI=1S/C13H27N3O/c1-13(2,10-15(3)4)9-14-8-12(17)16(5)11-6-7-11/h11,14H,6-10H2,1-5H3. The second-order valence-electron chi connectivity index (χ2n) is 6.24. The van der Waals surface area contributed by atoms with Crippen LogP contribution >= 0.6 is 0 Å². The largest absolute Gasteiger partial charge is 0.342 e. The number of nitrogens with one attached hydrogen (secondary N) is 1. The van der Waals surface area contributed by atoms with Crippen LogP contribution in [-0.4, -0.2) is 62.5 Å². The lowest BCUT2D eigenvalue weighted by Crippen LogP contribution is -2.42. The summed E-state index contributed by atoms with van der Waals surface area (Å²) in [7, 11) is 6.06. The third-order valence-electron chi connectivity index (χ3n) is 3.11. The van der Waals surface area contributed by atoms with Crippen LogP contribution in [0.2, 0.25) is 0 Å². The molecular formula is C13H27N3O. The van der Waals surface area contributed by atoms with E-state index >= 15 is 0 Å². The number of rotatable bonds is 7. The Morgan fingerprint density at radius 2 is 1.88 bits per heavy atom. The lowest BCUT2D eigenvalue weighted by molar-refractivity contribution is -0.129. The molecule has 0 heterocycles. The van der Waals surface area contributed by atoms with Gasteiger partial charge in [0.1, 0.15) is 0 Å². The first-order chi connectivity index (χ1) is 7.82. The van der Waals surface area contributed by atoms with E-state index in [1.807, 2.05) is 11.9 Å². The summed E-state index contributed by atoms with van der Waals surface area (Å²) in [5, 5.41) is 3.28. The van der Waals surface area contributed by atoms with Crippen LogP contribution < -0.4 is 5.32 Å². The Kier molecular flexibility index (Phi) is 4.95. The van der Waals surface area contributed by atoms with Crippen LogP contribution in [0.4, 0.5) is 0 Å². The molecule has 100 valence electrons.